The maximum absolute atomic E-state index is 11.1. The third-order valence-corrected chi connectivity index (χ3v) is 5.04. The number of carbonyl (C=O) groups is 2. The van der Waals surface area contributed by atoms with Gasteiger partial charge in [-0.3, -0.25) is 9.59 Å². The van der Waals surface area contributed by atoms with Gasteiger partial charge in [0.05, 0.1) is 10.8 Å². The molecule has 0 aromatic heterocycles. The number of hydrogen-bond donors (Lipinski definition) is 2. The summed E-state index contributed by atoms with van der Waals surface area (Å²) in [6.07, 6.45) is 2.59. The van der Waals surface area contributed by atoms with E-state index in [9.17, 15) is 9.59 Å². The van der Waals surface area contributed by atoms with Gasteiger partial charge in [-0.05, 0) is 18.3 Å². The predicted molar refractivity (Wildman–Crippen MR) is 43.3 cm³/mol. The van der Waals surface area contributed by atoms with Crippen LogP contribution in [0.5, 0.6) is 0 Å². The molecule has 3 saturated carbocycles. The standard InChI is InChI=1S/C10H8O4/c11-7(12)9-2-3-4-1-5(9)10(4,6(3)9)8(13)14/h2,4-6H,1H2,(H,11,12)(H,13,14). The monoisotopic (exact) mass is 192 g/mol. The molecule has 0 spiro atoms. The van der Waals surface area contributed by atoms with E-state index in [2.05, 4.69) is 0 Å². The Morgan fingerprint density at radius 1 is 1.36 bits per heavy atom. The molecule has 4 aliphatic rings. The third kappa shape index (κ3) is 0.301. The van der Waals surface area contributed by atoms with Gasteiger partial charge >= 0.3 is 11.9 Å². The highest BCUT2D eigenvalue weighted by Crippen LogP contribution is 2.93. The summed E-state index contributed by atoms with van der Waals surface area (Å²) < 4.78 is 0. The highest BCUT2D eigenvalue weighted by Gasteiger charge is 2.95. The summed E-state index contributed by atoms with van der Waals surface area (Å²) in [5, 5.41) is 18.2. The van der Waals surface area contributed by atoms with E-state index in [1.165, 1.54) is 0 Å². The Labute approximate surface area is 79.2 Å². The summed E-state index contributed by atoms with van der Waals surface area (Å²) in [6, 6.07) is 0. The van der Waals surface area contributed by atoms with E-state index in [1.807, 2.05) is 6.08 Å². The van der Waals surface area contributed by atoms with Crippen molar-refractivity contribution in [3.8, 4) is 0 Å². The van der Waals surface area contributed by atoms with Gasteiger partial charge in [0, 0.05) is 5.92 Å². The van der Waals surface area contributed by atoms with E-state index < -0.39 is 22.8 Å². The van der Waals surface area contributed by atoms with Crippen LogP contribution >= 0.6 is 0 Å². The molecule has 0 aliphatic heterocycles. The molecule has 0 amide bonds. The first-order valence-electron chi connectivity index (χ1n) is 4.77. The Bertz CT molecular complexity index is 451. The Hall–Kier alpha value is -1.32. The lowest BCUT2D eigenvalue weighted by atomic mass is 9.12. The maximum atomic E-state index is 11.1. The zero-order valence-corrected chi connectivity index (χ0v) is 7.23. The van der Waals surface area contributed by atoms with Gasteiger partial charge < -0.3 is 10.2 Å². The van der Waals surface area contributed by atoms with Gasteiger partial charge in [-0.1, -0.05) is 11.6 Å². The van der Waals surface area contributed by atoms with Gasteiger partial charge in [-0.25, -0.2) is 0 Å². The number of aliphatic carboxylic acids is 2. The van der Waals surface area contributed by atoms with Crippen LogP contribution < -0.4 is 0 Å². The molecule has 5 atom stereocenters. The molecule has 4 nitrogen and oxygen atoms in total. The van der Waals surface area contributed by atoms with Gasteiger partial charge in [-0.2, -0.15) is 0 Å². The van der Waals surface area contributed by atoms with Crippen LogP contribution in [0.15, 0.2) is 11.6 Å². The van der Waals surface area contributed by atoms with Crippen molar-refractivity contribution in [1.82, 2.24) is 0 Å². The minimum absolute atomic E-state index is 0.127. The summed E-state index contributed by atoms with van der Waals surface area (Å²) in [5.41, 5.74) is -0.317. The third-order valence-electron chi connectivity index (χ3n) is 5.04. The summed E-state index contributed by atoms with van der Waals surface area (Å²) in [6.45, 7) is 0. The molecule has 0 heterocycles. The number of hydrogen-bond acceptors (Lipinski definition) is 2. The summed E-state index contributed by atoms with van der Waals surface area (Å²) in [4.78, 5) is 22.2. The van der Waals surface area contributed by atoms with Crippen molar-refractivity contribution in [1.29, 1.82) is 0 Å². The first-order valence-corrected chi connectivity index (χ1v) is 4.77. The first-order chi connectivity index (χ1) is 6.58. The summed E-state index contributed by atoms with van der Waals surface area (Å²) in [7, 11) is 0. The quantitative estimate of drug-likeness (QED) is 0.619. The molecule has 2 N–H and O–H groups in total. The molecule has 14 heavy (non-hydrogen) atoms. The van der Waals surface area contributed by atoms with Gasteiger partial charge in [-0.15, -0.1) is 0 Å². The molecule has 0 saturated heterocycles. The number of fused-ring (bicyclic) bond motifs is 2. The van der Waals surface area contributed by atoms with E-state index in [0.717, 1.165) is 12.0 Å². The molecule has 3 fully saturated rings. The van der Waals surface area contributed by atoms with Crippen LogP contribution in [0.2, 0.25) is 0 Å². The predicted octanol–water partition coefficient (Wildman–Crippen LogP) is 0.348. The summed E-state index contributed by atoms with van der Waals surface area (Å²) >= 11 is 0. The Balaban J connectivity index is 1.90. The summed E-state index contributed by atoms with van der Waals surface area (Å²) in [5.74, 6) is -1.72. The minimum Gasteiger partial charge on any atom is -0.481 e. The molecule has 4 aliphatic carbocycles. The Morgan fingerprint density at radius 3 is 2.50 bits per heavy atom. The van der Waals surface area contributed by atoms with Crippen molar-refractivity contribution in [2.75, 3.05) is 0 Å². The molecule has 5 unspecified atom stereocenters. The van der Waals surface area contributed by atoms with Gasteiger partial charge in [0.1, 0.15) is 0 Å². The van der Waals surface area contributed by atoms with Crippen molar-refractivity contribution < 1.29 is 19.8 Å². The topological polar surface area (TPSA) is 74.6 Å². The fourth-order valence-electron chi connectivity index (χ4n) is 4.57. The van der Waals surface area contributed by atoms with Crippen LogP contribution in [0.3, 0.4) is 0 Å². The van der Waals surface area contributed by atoms with E-state index in [-0.39, 0.29) is 17.8 Å². The van der Waals surface area contributed by atoms with E-state index in [0.29, 0.717) is 0 Å². The van der Waals surface area contributed by atoms with Crippen molar-refractivity contribution in [3.05, 3.63) is 11.6 Å². The average Bonchev–Trinajstić information content (AvgIpc) is 2.11. The Morgan fingerprint density at radius 2 is 2.07 bits per heavy atom. The van der Waals surface area contributed by atoms with Crippen molar-refractivity contribution in [2.45, 2.75) is 6.42 Å². The molecular formula is C10H8O4. The zero-order valence-electron chi connectivity index (χ0n) is 7.23. The fourth-order valence-corrected chi connectivity index (χ4v) is 4.57. The highest BCUT2D eigenvalue weighted by molar-refractivity contribution is 5.97. The molecule has 0 aromatic rings. The second kappa shape index (κ2) is 1.42. The number of carboxylic acids is 2. The van der Waals surface area contributed by atoms with E-state index >= 15 is 0 Å². The van der Waals surface area contributed by atoms with Crippen LogP contribution in [-0.2, 0) is 9.59 Å². The first kappa shape index (κ1) is 7.04. The molecule has 0 radical (unpaired) electrons. The van der Waals surface area contributed by atoms with E-state index in [1.54, 1.807) is 0 Å². The molecular weight excluding hydrogens is 184 g/mol. The van der Waals surface area contributed by atoms with Crippen LogP contribution in [0.1, 0.15) is 6.42 Å². The van der Waals surface area contributed by atoms with Crippen LogP contribution in [0.4, 0.5) is 0 Å². The van der Waals surface area contributed by atoms with Crippen LogP contribution in [-0.4, -0.2) is 22.2 Å². The van der Waals surface area contributed by atoms with Crippen molar-refractivity contribution in [3.63, 3.8) is 0 Å². The largest absolute Gasteiger partial charge is 0.481 e. The Kier molecular flexibility index (Phi) is 0.711. The fraction of sp³-hybridized carbons (Fsp3) is 0.600. The lowest BCUT2D eigenvalue weighted by molar-refractivity contribution is -0.327. The molecule has 72 valence electrons. The SMILES string of the molecule is O=C(O)C12C=C3C4CC1C4(C(=O)O)C32. The van der Waals surface area contributed by atoms with E-state index in [4.69, 9.17) is 10.2 Å². The number of rotatable bonds is 2. The van der Waals surface area contributed by atoms with Gasteiger partial charge in [0.15, 0.2) is 0 Å². The minimum atomic E-state index is -0.828. The lowest BCUT2D eigenvalue weighted by Crippen LogP contribution is -2.90. The number of allylic oxidation sites excluding steroid dienone is 1. The lowest BCUT2D eigenvalue weighted by Gasteiger charge is -2.87. The zero-order chi connectivity index (χ0) is 9.88. The second-order valence-electron chi connectivity index (χ2n) is 4.89. The molecule has 4 rings (SSSR count). The van der Waals surface area contributed by atoms with Gasteiger partial charge in [0.25, 0.3) is 0 Å². The number of carboxylic acid groups (broad SMARTS) is 2. The normalized spacial score (nSPS) is 59.1. The molecule has 0 bridgehead atoms. The van der Waals surface area contributed by atoms with Crippen LogP contribution in [0, 0.1) is 28.6 Å². The second-order valence-corrected chi connectivity index (χ2v) is 4.89. The molecule has 4 heteroatoms. The van der Waals surface area contributed by atoms with Crippen molar-refractivity contribution >= 4 is 11.9 Å². The molecule has 0 aromatic carbocycles. The average molecular weight is 192 g/mol. The van der Waals surface area contributed by atoms with Gasteiger partial charge in [0.2, 0.25) is 0 Å². The smallest absolute Gasteiger partial charge is 0.314 e. The van der Waals surface area contributed by atoms with Crippen molar-refractivity contribution in [2.24, 2.45) is 28.6 Å². The van der Waals surface area contributed by atoms with Crippen LogP contribution in [0.25, 0.3) is 0 Å². The maximum Gasteiger partial charge on any atom is 0.314 e. The highest BCUT2D eigenvalue weighted by atomic mass is 16.4.